The molecule has 2 aromatic rings. The molecule has 0 aromatic heterocycles. The van der Waals surface area contributed by atoms with Gasteiger partial charge in [-0.2, -0.15) is 0 Å². The van der Waals surface area contributed by atoms with Crippen LogP contribution in [0.2, 0.25) is 0 Å². The van der Waals surface area contributed by atoms with E-state index in [0.29, 0.717) is 19.7 Å². The van der Waals surface area contributed by atoms with Crippen molar-refractivity contribution in [2.24, 2.45) is 5.73 Å². The average Bonchev–Trinajstić information content (AvgIpc) is 2.63. The quantitative estimate of drug-likeness (QED) is 0.906. The van der Waals surface area contributed by atoms with E-state index in [1.165, 1.54) is 12.1 Å². The molecule has 0 saturated carbocycles. The van der Waals surface area contributed by atoms with Gasteiger partial charge < -0.3 is 15.4 Å². The van der Waals surface area contributed by atoms with Crippen LogP contribution in [0.15, 0.2) is 54.6 Å². The Labute approximate surface area is 153 Å². The van der Waals surface area contributed by atoms with Gasteiger partial charge in [0.25, 0.3) is 0 Å². The lowest BCUT2D eigenvalue weighted by molar-refractivity contribution is -0.139. The van der Waals surface area contributed by atoms with Gasteiger partial charge in [-0.15, -0.1) is 12.4 Å². The summed E-state index contributed by atoms with van der Waals surface area (Å²) in [5, 5.41) is 0. The number of benzene rings is 2. The molecule has 0 spiro atoms. The van der Waals surface area contributed by atoms with Crippen molar-refractivity contribution < 1.29 is 13.9 Å². The van der Waals surface area contributed by atoms with E-state index < -0.39 is 0 Å². The second kappa shape index (κ2) is 8.94. The Bertz CT molecular complexity index is 682. The number of amides is 1. The maximum absolute atomic E-state index is 13.0. The maximum atomic E-state index is 13.0. The van der Waals surface area contributed by atoms with Gasteiger partial charge in [0.05, 0.1) is 13.2 Å². The van der Waals surface area contributed by atoms with Crippen molar-refractivity contribution in [3.05, 3.63) is 71.5 Å². The zero-order chi connectivity index (χ0) is 16.9. The van der Waals surface area contributed by atoms with Gasteiger partial charge >= 0.3 is 0 Å². The van der Waals surface area contributed by atoms with E-state index in [-0.39, 0.29) is 42.7 Å². The number of hydrogen-bond acceptors (Lipinski definition) is 3. The number of hydrogen-bond donors (Lipinski definition) is 1. The van der Waals surface area contributed by atoms with Crippen molar-refractivity contribution in [2.75, 3.05) is 19.7 Å². The van der Waals surface area contributed by atoms with Crippen molar-refractivity contribution in [1.82, 2.24) is 4.90 Å². The summed E-state index contributed by atoms with van der Waals surface area (Å²) in [6.45, 7) is 1.48. The minimum Gasteiger partial charge on any atom is -0.370 e. The highest BCUT2D eigenvalue weighted by Gasteiger charge is 2.26. The first kappa shape index (κ1) is 19.4. The number of carbonyl (C=O) groups excluding carboxylic acids is 1. The fraction of sp³-hybridized carbons (Fsp3) is 0.316. The molecule has 3 rings (SSSR count). The molecule has 6 heteroatoms. The van der Waals surface area contributed by atoms with Crippen LogP contribution in [0.5, 0.6) is 0 Å². The lowest BCUT2D eigenvalue weighted by atomic mass is 10.0. The molecule has 1 saturated heterocycles. The van der Waals surface area contributed by atoms with Gasteiger partial charge in [0.2, 0.25) is 5.91 Å². The molecular formula is C19H22ClFN2O2. The largest absolute Gasteiger partial charge is 0.370 e. The number of rotatable bonds is 4. The first-order valence-electron chi connectivity index (χ1n) is 8.09. The third kappa shape index (κ3) is 5.01. The molecule has 0 bridgehead atoms. The molecule has 2 atom stereocenters. The third-order valence-corrected chi connectivity index (χ3v) is 4.28. The molecule has 0 radical (unpaired) electrons. The minimum absolute atomic E-state index is 0. The molecule has 0 aliphatic carbocycles. The van der Waals surface area contributed by atoms with E-state index in [4.69, 9.17) is 10.5 Å². The van der Waals surface area contributed by atoms with Crippen molar-refractivity contribution in [2.45, 2.75) is 18.6 Å². The van der Waals surface area contributed by atoms with Gasteiger partial charge in [-0.05, 0) is 23.3 Å². The topological polar surface area (TPSA) is 55.6 Å². The van der Waals surface area contributed by atoms with Crippen LogP contribution in [-0.2, 0) is 9.53 Å². The fourth-order valence-electron chi connectivity index (χ4n) is 2.89. The van der Waals surface area contributed by atoms with E-state index >= 15 is 0 Å². The molecule has 1 fully saturated rings. The summed E-state index contributed by atoms with van der Waals surface area (Å²) in [5.74, 6) is -0.266. The molecule has 1 aliphatic heterocycles. The van der Waals surface area contributed by atoms with Gasteiger partial charge in [0.15, 0.2) is 0 Å². The highest BCUT2D eigenvalue weighted by atomic mass is 35.5. The molecule has 4 nitrogen and oxygen atoms in total. The summed E-state index contributed by atoms with van der Waals surface area (Å²) in [6.07, 6.45) is 0.0383. The number of morpholine rings is 1. The SMILES string of the molecule is Cl.NC(CC(=O)N1CCOC(c2ccc(F)cc2)C1)c1ccccc1. The Morgan fingerprint density at radius 1 is 1.20 bits per heavy atom. The predicted molar refractivity (Wildman–Crippen MR) is 96.9 cm³/mol. The number of ether oxygens (including phenoxy) is 1. The van der Waals surface area contributed by atoms with Crippen molar-refractivity contribution in [1.29, 1.82) is 0 Å². The molecule has 1 amide bonds. The van der Waals surface area contributed by atoms with Crippen molar-refractivity contribution in [3.8, 4) is 0 Å². The predicted octanol–water partition coefficient (Wildman–Crippen LogP) is 3.24. The Morgan fingerprint density at radius 2 is 1.88 bits per heavy atom. The standard InChI is InChI=1S/C19H21FN2O2.ClH/c20-16-8-6-15(7-9-16)18-13-22(10-11-24-18)19(23)12-17(21)14-4-2-1-3-5-14;/h1-9,17-18H,10-13,21H2;1H. The van der Waals surface area contributed by atoms with Crippen LogP contribution < -0.4 is 5.73 Å². The average molecular weight is 365 g/mol. The van der Waals surface area contributed by atoms with Crippen LogP contribution in [0.1, 0.15) is 29.7 Å². The maximum Gasteiger partial charge on any atom is 0.224 e. The molecule has 1 heterocycles. The number of carbonyl (C=O) groups is 1. The van der Waals surface area contributed by atoms with Crippen LogP contribution in [-0.4, -0.2) is 30.5 Å². The van der Waals surface area contributed by atoms with Crippen LogP contribution in [0.3, 0.4) is 0 Å². The molecule has 1 aliphatic rings. The number of halogens is 2. The van der Waals surface area contributed by atoms with Crippen LogP contribution in [0, 0.1) is 5.82 Å². The zero-order valence-corrected chi connectivity index (χ0v) is 14.6. The Hall–Kier alpha value is -1.95. The van der Waals surface area contributed by atoms with Crippen molar-refractivity contribution >= 4 is 18.3 Å². The highest BCUT2D eigenvalue weighted by molar-refractivity contribution is 5.85. The summed E-state index contributed by atoms with van der Waals surface area (Å²) in [5.41, 5.74) is 7.97. The Kier molecular flexibility index (Phi) is 6.93. The van der Waals surface area contributed by atoms with E-state index in [1.54, 1.807) is 17.0 Å². The molecule has 2 unspecified atom stereocenters. The Morgan fingerprint density at radius 3 is 2.56 bits per heavy atom. The van der Waals surface area contributed by atoms with Gasteiger partial charge in [-0.1, -0.05) is 42.5 Å². The lowest BCUT2D eigenvalue weighted by Crippen LogP contribution is -2.43. The summed E-state index contributed by atoms with van der Waals surface area (Å²) in [4.78, 5) is 14.3. The van der Waals surface area contributed by atoms with E-state index in [2.05, 4.69) is 0 Å². The lowest BCUT2D eigenvalue weighted by Gasteiger charge is -2.33. The normalized spacial score (nSPS) is 18.3. The monoisotopic (exact) mass is 364 g/mol. The third-order valence-electron chi connectivity index (χ3n) is 4.28. The highest BCUT2D eigenvalue weighted by Crippen LogP contribution is 2.24. The number of nitrogens with zero attached hydrogens (tertiary/aromatic N) is 1. The smallest absolute Gasteiger partial charge is 0.224 e. The number of nitrogens with two attached hydrogens (primary N) is 1. The molecule has 25 heavy (non-hydrogen) atoms. The van der Waals surface area contributed by atoms with Gasteiger partial charge in [-0.25, -0.2) is 4.39 Å². The van der Waals surface area contributed by atoms with Crippen LogP contribution >= 0.6 is 12.4 Å². The van der Waals surface area contributed by atoms with Gasteiger partial charge in [-0.3, -0.25) is 4.79 Å². The summed E-state index contributed by atoms with van der Waals surface area (Å²) in [6, 6.07) is 15.5. The summed E-state index contributed by atoms with van der Waals surface area (Å²) >= 11 is 0. The molecule has 2 aromatic carbocycles. The van der Waals surface area contributed by atoms with E-state index in [9.17, 15) is 9.18 Å². The van der Waals surface area contributed by atoms with Crippen LogP contribution in [0.25, 0.3) is 0 Å². The molecular weight excluding hydrogens is 343 g/mol. The van der Waals surface area contributed by atoms with Gasteiger partial charge in [0.1, 0.15) is 11.9 Å². The second-order valence-corrected chi connectivity index (χ2v) is 5.97. The van der Waals surface area contributed by atoms with E-state index in [0.717, 1.165) is 11.1 Å². The Balaban J connectivity index is 0.00000225. The molecule has 2 N–H and O–H groups in total. The minimum atomic E-state index is -0.314. The van der Waals surface area contributed by atoms with Crippen LogP contribution in [0.4, 0.5) is 4.39 Å². The first-order chi connectivity index (χ1) is 11.6. The first-order valence-corrected chi connectivity index (χ1v) is 8.09. The summed E-state index contributed by atoms with van der Waals surface area (Å²) < 4.78 is 18.8. The zero-order valence-electron chi connectivity index (χ0n) is 13.8. The fourth-order valence-corrected chi connectivity index (χ4v) is 2.89. The van der Waals surface area contributed by atoms with Gasteiger partial charge in [0, 0.05) is 19.0 Å². The molecule has 134 valence electrons. The summed E-state index contributed by atoms with van der Waals surface area (Å²) in [7, 11) is 0. The van der Waals surface area contributed by atoms with E-state index in [1.807, 2.05) is 30.3 Å². The second-order valence-electron chi connectivity index (χ2n) is 5.97. The van der Waals surface area contributed by atoms with Crippen molar-refractivity contribution in [3.63, 3.8) is 0 Å².